The fraction of sp³-hybridized carbons (Fsp3) is 0.118. The first kappa shape index (κ1) is 14.0. The maximum absolute atomic E-state index is 12.3. The molecule has 0 spiro atoms. The van der Waals surface area contributed by atoms with E-state index in [2.05, 4.69) is 15.2 Å². The number of rotatable bonds is 4. The van der Waals surface area contributed by atoms with Crippen LogP contribution in [0.1, 0.15) is 5.56 Å². The molecule has 0 unspecified atom stereocenters. The van der Waals surface area contributed by atoms with E-state index in [1.54, 1.807) is 24.3 Å². The van der Waals surface area contributed by atoms with Crippen molar-refractivity contribution < 1.29 is 4.79 Å². The van der Waals surface area contributed by atoms with Crippen LogP contribution in [-0.4, -0.2) is 28.1 Å². The van der Waals surface area contributed by atoms with Gasteiger partial charge < -0.3 is 0 Å². The molecule has 5 nitrogen and oxygen atoms in total. The zero-order valence-corrected chi connectivity index (χ0v) is 12.2. The number of pyridine rings is 1. The van der Waals surface area contributed by atoms with E-state index in [1.165, 1.54) is 0 Å². The Morgan fingerprint density at radius 3 is 2.73 bits per heavy atom. The Labute approximate surface area is 128 Å². The lowest BCUT2D eigenvalue weighted by molar-refractivity contribution is -0.117. The van der Waals surface area contributed by atoms with Crippen molar-refractivity contribution in [2.45, 2.75) is 6.42 Å². The minimum Gasteiger partial charge on any atom is -0.298 e. The normalized spacial score (nSPS) is 10.4. The summed E-state index contributed by atoms with van der Waals surface area (Å²) >= 11 is 0. The Morgan fingerprint density at radius 2 is 2.00 bits per heavy atom. The van der Waals surface area contributed by atoms with Gasteiger partial charge in [0.2, 0.25) is 5.91 Å². The average molecular weight is 292 g/mol. The molecule has 0 aliphatic heterocycles. The van der Waals surface area contributed by atoms with Crippen LogP contribution >= 0.6 is 0 Å². The number of amides is 1. The summed E-state index contributed by atoms with van der Waals surface area (Å²) in [6.07, 6.45) is 3.70. The zero-order chi connectivity index (χ0) is 15.4. The van der Waals surface area contributed by atoms with E-state index in [0.717, 1.165) is 16.8 Å². The molecule has 0 fully saturated rings. The van der Waals surface area contributed by atoms with Crippen molar-refractivity contribution in [2.75, 3.05) is 11.9 Å². The fourth-order valence-electron chi connectivity index (χ4n) is 2.17. The molecule has 1 amide bonds. The van der Waals surface area contributed by atoms with Gasteiger partial charge in [-0.2, -0.15) is 5.10 Å². The van der Waals surface area contributed by atoms with Crippen LogP contribution in [0.25, 0.3) is 11.3 Å². The number of hydrogen-bond donors (Lipinski definition) is 1. The van der Waals surface area contributed by atoms with Gasteiger partial charge in [-0.25, -0.2) is 0 Å². The van der Waals surface area contributed by atoms with Gasteiger partial charge in [0, 0.05) is 25.5 Å². The Kier molecular flexibility index (Phi) is 3.96. The Morgan fingerprint density at radius 1 is 1.18 bits per heavy atom. The average Bonchev–Trinajstić information content (AvgIpc) is 3.06. The highest BCUT2D eigenvalue weighted by Crippen LogP contribution is 2.21. The molecule has 2 heterocycles. The molecule has 1 aromatic carbocycles. The second kappa shape index (κ2) is 6.22. The third kappa shape index (κ3) is 3.03. The van der Waals surface area contributed by atoms with E-state index < -0.39 is 0 Å². The summed E-state index contributed by atoms with van der Waals surface area (Å²) in [7, 11) is 1.73. The predicted octanol–water partition coefficient (Wildman–Crippen LogP) is 2.68. The molecule has 3 rings (SSSR count). The summed E-state index contributed by atoms with van der Waals surface area (Å²) < 4.78 is 0. The van der Waals surface area contributed by atoms with Crippen LogP contribution in [0.4, 0.5) is 5.82 Å². The molecule has 0 aliphatic rings. The number of anilines is 1. The molecular formula is C17H16N4O. The molecule has 0 atom stereocenters. The fourth-order valence-corrected chi connectivity index (χ4v) is 2.17. The Bertz CT molecular complexity index is 753. The summed E-state index contributed by atoms with van der Waals surface area (Å²) in [6.45, 7) is 0. The van der Waals surface area contributed by atoms with Crippen molar-refractivity contribution in [2.24, 2.45) is 0 Å². The van der Waals surface area contributed by atoms with Crippen molar-refractivity contribution in [3.8, 4) is 11.3 Å². The third-order valence-electron chi connectivity index (χ3n) is 3.45. The number of nitrogens with zero attached hydrogens (tertiary/aromatic N) is 3. The van der Waals surface area contributed by atoms with E-state index >= 15 is 0 Å². The molecule has 0 bridgehead atoms. The highest BCUT2D eigenvalue weighted by Gasteiger charge is 2.15. The zero-order valence-electron chi connectivity index (χ0n) is 12.2. The molecule has 22 heavy (non-hydrogen) atoms. The number of aromatic nitrogens is 3. The number of benzene rings is 1. The minimum absolute atomic E-state index is 0.0286. The van der Waals surface area contributed by atoms with E-state index in [9.17, 15) is 4.79 Å². The van der Waals surface area contributed by atoms with E-state index in [4.69, 9.17) is 0 Å². The minimum atomic E-state index is -0.0286. The van der Waals surface area contributed by atoms with Crippen molar-refractivity contribution >= 4 is 11.7 Å². The first-order valence-corrected chi connectivity index (χ1v) is 7.00. The maximum atomic E-state index is 12.3. The number of carbonyl (C=O) groups is 1. The van der Waals surface area contributed by atoms with E-state index in [0.29, 0.717) is 12.2 Å². The number of hydrogen-bond acceptors (Lipinski definition) is 3. The largest absolute Gasteiger partial charge is 0.298 e. The van der Waals surface area contributed by atoms with Gasteiger partial charge in [0.15, 0.2) is 5.82 Å². The van der Waals surface area contributed by atoms with Crippen molar-refractivity contribution in [3.05, 3.63) is 66.5 Å². The van der Waals surface area contributed by atoms with E-state index in [-0.39, 0.29) is 5.91 Å². The van der Waals surface area contributed by atoms with Gasteiger partial charge in [0.1, 0.15) is 0 Å². The molecule has 2 aromatic heterocycles. The predicted molar refractivity (Wildman–Crippen MR) is 85.4 cm³/mol. The van der Waals surface area contributed by atoms with Crippen LogP contribution in [-0.2, 0) is 11.2 Å². The van der Waals surface area contributed by atoms with Gasteiger partial charge in [0.05, 0.1) is 12.1 Å². The topological polar surface area (TPSA) is 61.9 Å². The second-order valence-electron chi connectivity index (χ2n) is 5.00. The van der Waals surface area contributed by atoms with Crippen LogP contribution < -0.4 is 4.90 Å². The van der Waals surface area contributed by atoms with Crippen molar-refractivity contribution in [3.63, 3.8) is 0 Å². The van der Waals surface area contributed by atoms with E-state index in [1.807, 2.05) is 48.5 Å². The number of nitrogens with one attached hydrogen (secondary N) is 1. The Hall–Kier alpha value is -2.95. The van der Waals surface area contributed by atoms with Crippen molar-refractivity contribution in [1.82, 2.24) is 15.2 Å². The number of likely N-dealkylation sites (N-methyl/N-ethyl adjacent to an activating group) is 1. The second-order valence-corrected chi connectivity index (χ2v) is 5.00. The van der Waals surface area contributed by atoms with Crippen LogP contribution in [0.15, 0.2) is 60.9 Å². The lowest BCUT2D eigenvalue weighted by Crippen LogP contribution is -2.28. The molecule has 110 valence electrons. The van der Waals surface area contributed by atoms with Gasteiger partial charge in [-0.3, -0.25) is 19.8 Å². The van der Waals surface area contributed by atoms with Gasteiger partial charge in [-0.05, 0) is 17.2 Å². The SMILES string of the molecule is CN(C(=O)Cc1cccnc1)c1cc(-c2ccccc2)[nH]n1. The summed E-state index contributed by atoms with van der Waals surface area (Å²) in [4.78, 5) is 17.9. The standard InChI is InChI=1S/C17H16N4O/c1-21(17(22)10-13-6-5-9-18-12-13)16-11-15(19-20-16)14-7-3-2-4-8-14/h2-9,11-12H,10H2,1H3,(H,19,20). The summed E-state index contributed by atoms with van der Waals surface area (Å²) in [5.41, 5.74) is 2.81. The van der Waals surface area contributed by atoms with Crippen LogP contribution in [0.2, 0.25) is 0 Å². The van der Waals surface area contributed by atoms with Crippen LogP contribution in [0, 0.1) is 0 Å². The Balaban J connectivity index is 1.74. The van der Waals surface area contributed by atoms with Crippen LogP contribution in [0.5, 0.6) is 0 Å². The van der Waals surface area contributed by atoms with Gasteiger partial charge in [-0.15, -0.1) is 0 Å². The lowest BCUT2D eigenvalue weighted by atomic mass is 10.1. The molecule has 0 radical (unpaired) electrons. The first-order valence-electron chi connectivity index (χ1n) is 7.00. The van der Waals surface area contributed by atoms with Crippen molar-refractivity contribution in [1.29, 1.82) is 0 Å². The summed E-state index contributed by atoms with van der Waals surface area (Å²) in [5, 5.41) is 7.19. The maximum Gasteiger partial charge on any atom is 0.232 e. The van der Waals surface area contributed by atoms with Gasteiger partial charge >= 0.3 is 0 Å². The quantitative estimate of drug-likeness (QED) is 0.804. The van der Waals surface area contributed by atoms with Crippen LogP contribution in [0.3, 0.4) is 0 Å². The summed E-state index contributed by atoms with van der Waals surface area (Å²) in [6, 6.07) is 15.5. The molecule has 3 aromatic rings. The lowest BCUT2D eigenvalue weighted by Gasteiger charge is -2.13. The van der Waals surface area contributed by atoms with Gasteiger partial charge in [-0.1, -0.05) is 36.4 Å². The number of carbonyl (C=O) groups excluding carboxylic acids is 1. The molecule has 0 aliphatic carbocycles. The molecule has 0 saturated heterocycles. The third-order valence-corrected chi connectivity index (χ3v) is 3.45. The highest BCUT2D eigenvalue weighted by atomic mass is 16.2. The molecule has 0 saturated carbocycles. The number of H-pyrrole nitrogens is 1. The monoisotopic (exact) mass is 292 g/mol. The first-order chi connectivity index (χ1) is 10.7. The summed E-state index contributed by atoms with van der Waals surface area (Å²) in [5.74, 6) is 0.576. The molecule has 1 N–H and O–H groups in total. The molecular weight excluding hydrogens is 276 g/mol. The highest BCUT2D eigenvalue weighted by molar-refractivity contribution is 5.93. The molecule has 5 heteroatoms. The van der Waals surface area contributed by atoms with Gasteiger partial charge in [0.25, 0.3) is 0 Å². The number of aromatic amines is 1. The smallest absolute Gasteiger partial charge is 0.232 e.